The largest absolute Gasteiger partial charge is 0.461 e. The third-order valence-corrected chi connectivity index (χ3v) is 10.1. The van der Waals surface area contributed by atoms with Crippen LogP contribution in [0.4, 0.5) is 0 Å². The third-order valence-electron chi connectivity index (χ3n) is 10.1. The summed E-state index contributed by atoms with van der Waals surface area (Å²) in [6.07, 6.45) is 6.57. The van der Waals surface area contributed by atoms with Crippen LogP contribution in [0.1, 0.15) is 29.5 Å². The maximum atomic E-state index is 6.65. The van der Waals surface area contributed by atoms with E-state index in [0.717, 1.165) is 30.0 Å². The van der Waals surface area contributed by atoms with Crippen molar-refractivity contribution in [1.82, 2.24) is 4.57 Å². The molecule has 0 saturated carbocycles. The molecule has 6 aromatic carbocycles. The topological polar surface area (TPSA) is 14.2 Å². The fourth-order valence-corrected chi connectivity index (χ4v) is 8.26. The molecule has 0 N–H and O–H groups in total. The smallest absolute Gasteiger partial charge is 0.131 e. The molecule has 0 fully saturated rings. The Bertz CT molecular complexity index is 2390. The van der Waals surface area contributed by atoms with Crippen molar-refractivity contribution < 1.29 is 4.74 Å². The van der Waals surface area contributed by atoms with E-state index in [9.17, 15) is 0 Å². The number of nitrogens with zero attached hydrogens (tertiary/aromatic N) is 1. The van der Waals surface area contributed by atoms with Gasteiger partial charge in [-0.05, 0) is 76.2 Å². The van der Waals surface area contributed by atoms with E-state index >= 15 is 0 Å². The fraction of sp³-hybridized carbons (Fsp3) is 0.0698. The first-order chi connectivity index (χ1) is 22.3. The van der Waals surface area contributed by atoms with E-state index in [-0.39, 0.29) is 0 Å². The average Bonchev–Trinajstić information content (AvgIpc) is 3.58. The summed E-state index contributed by atoms with van der Waals surface area (Å²) in [7, 11) is 0. The first kappa shape index (κ1) is 24.8. The van der Waals surface area contributed by atoms with Crippen molar-refractivity contribution >= 4 is 21.8 Å². The van der Waals surface area contributed by atoms with Crippen LogP contribution in [0.3, 0.4) is 0 Å². The molecule has 3 aliphatic rings. The lowest BCUT2D eigenvalue weighted by molar-refractivity contribution is 0.364. The van der Waals surface area contributed by atoms with E-state index in [1.807, 2.05) is 0 Å². The molecule has 45 heavy (non-hydrogen) atoms. The lowest BCUT2D eigenvalue weighted by atomic mass is 9.64. The molecule has 0 bridgehead atoms. The molecule has 1 aliphatic heterocycles. The van der Waals surface area contributed by atoms with Crippen molar-refractivity contribution in [1.29, 1.82) is 0 Å². The number of rotatable bonds is 2. The summed E-state index contributed by atoms with van der Waals surface area (Å²) < 4.78 is 9.10. The number of hydrogen-bond donors (Lipinski definition) is 0. The van der Waals surface area contributed by atoms with Crippen LogP contribution in [-0.2, 0) is 5.41 Å². The molecule has 2 heterocycles. The lowest BCUT2D eigenvalue weighted by Crippen LogP contribution is -2.35. The van der Waals surface area contributed by atoms with Gasteiger partial charge in [-0.25, -0.2) is 0 Å². The van der Waals surface area contributed by atoms with E-state index in [2.05, 4.69) is 156 Å². The van der Waals surface area contributed by atoms with Gasteiger partial charge in [0.15, 0.2) is 0 Å². The number of ether oxygens (including phenoxy) is 1. The number of aromatic nitrogens is 1. The first-order valence-electron chi connectivity index (χ1n) is 15.8. The zero-order valence-electron chi connectivity index (χ0n) is 24.7. The molecule has 212 valence electrons. The van der Waals surface area contributed by atoms with Crippen LogP contribution in [0.5, 0.6) is 5.75 Å². The highest BCUT2D eigenvalue weighted by Gasteiger charge is 2.52. The summed E-state index contributed by atoms with van der Waals surface area (Å²) in [6, 6.07) is 51.1. The van der Waals surface area contributed by atoms with Gasteiger partial charge in [0.25, 0.3) is 0 Å². The number of fused-ring (bicyclic) bond motifs is 11. The Morgan fingerprint density at radius 3 is 2.18 bits per heavy atom. The number of benzene rings is 6. The van der Waals surface area contributed by atoms with Crippen LogP contribution in [-0.4, -0.2) is 4.57 Å². The summed E-state index contributed by atoms with van der Waals surface area (Å²) in [5.74, 6) is 2.06. The molecule has 0 radical (unpaired) electrons. The van der Waals surface area contributed by atoms with E-state index in [1.54, 1.807) is 0 Å². The van der Waals surface area contributed by atoms with Crippen molar-refractivity contribution in [2.24, 2.45) is 0 Å². The van der Waals surface area contributed by atoms with E-state index in [0.29, 0.717) is 0 Å². The SMILES string of the molecule is C1=CC2=C(CC1)Oc1ccccc1C21c2ccccc2-c2cc3c4ccccc4n(-c4ccc(-c5ccccc5)cc4)c3cc21. The predicted molar refractivity (Wildman–Crippen MR) is 184 cm³/mol. The quantitative estimate of drug-likeness (QED) is 0.200. The summed E-state index contributed by atoms with van der Waals surface area (Å²) in [5.41, 5.74) is 13.4. The van der Waals surface area contributed by atoms with Gasteiger partial charge in [0, 0.05) is 34.0 Å². The third kappa shape index (κ3) is 3.29. The molecule has 7 aromatic rings. The van der Waals surface area contributed by atoms with Gasteiger partial charge in [-0.3, -0.25) is 0 Å². The predicted octanol–water partition coefficient (Wildman–Crippen LogP) is 10.8. The van der Waals surface area contributed by atoms with Crippen LogP contribution >= 0.6 is 0 Å². The molecule has 0 saturated heterocycles. The molecule has 1 unspecified atom stereocenters. The maximum absolute atomic E-state index is 6.65. The van der Waals surface area contributed by atoms with Crippen LogP contribution in [0.15, 0.2) is 163 Å². The Balaban J connectivity index is 1.30. The van der Waals surface area contributed by atoms with E-state index < -0.39 is 5.41 Å². The molecule has 0 amide bonds. The van der Waals surface area contributed by atoms with Gasteiger partial charge in [-0.2, -0.15) is 0 Å². The molecule has 1 atom stereocenters. The summed E-state index contributed by atoms with van der Waals surface area (Å²) in [5, 5.41) is 2.54. The highest BCUT2D eigenvalue weighted by Crippen LogP contribution is 2.62. The Kier molecular flexibility index (Phi) is 5.07. The molecule has 2 nitrogen and oxygen atoms in total. The molecule has 2 aliphatic carbocycles. The normalized spacial score (nSPS) is 17.7. The molecule has 10 rings (SSSR count). The monoisotopic (exact) mass is 575 g/mol. The number of allylic oxidation sites excluding steroid dienone is 4. The fourth-order valence-electron chi connectivity index (χ4n) is 8.26. The van der Waals surface area contributed by atoms with Gasteiger partial charge < -0.3 is 9.30 Å². The van der Waals surface area contributed by atoms with Crippen LogP contribution < -0.4 is 4.74 Å². The minimum atomic E-state index is -0.445. The average molecular weight is 576 g/mol. The standard InChI is InChI=1S/C43H29NO/c1-2-12-28(13-3-1)29-22-24-30(25-23-29)44-39-19-9-5-15-32(39)34-26-33-31-14-4-6-16-35(31)43(38(33)27-40(34)44)36-17-7-10-20-41(36)45-42-21-11-8-18-37(42)43/h1-10,12-20,22-27H,11,21H2. The summed E-state index contributed by atoms with van der Waals surface area (Å²) in [4.78, 5) is 0. The number of para-hydroxylation sites is 2. The molecular formula is C43H29NO. The Labute approximate surface area is 262 Å². The highest BCUT2D eigenvalue weighted by atomic mass is 16.5. The van der Waals surface area contributed by atoms with Crippen LogP contribution in [0.2, 0.25) is 0 Å². The van der Waals surface area contributed by atoms with Crippen LogP contribution in [0.25, 0.3) is 49.7 Å². The van der Waals surface area contributed by atoms with Gasteiger partial charge >= 0.3 is 0 Å². The second-order valence-electron chi connectivity index (χ2n) is 12.4. The molecule has 1 spiro atoms. The first-order valence-corrected chi connectivity index (χ1v) is 15.8. The highest BCUT2D eigenvalue weighted by molar-refractivity contribution is 6.12. The minimum absolute atomic E-state index is 0.445. The zero-order chi connectivity index (χ0) is 29.5. The van der Waals surface area contributed by atoms with Crippen molar-refractivity contribution in [3.8, 4) is 33.7 Å². The Hall–Kier alpha value is -5.60. The molecule has 2 heteroatoms. The molecule has 1 aromatic heterocycles. The molecular weight excluding hydrogens is 546 g/mol. The second-order valence-corrected chi connectivity index (χ2v) is 12.4. The number of hydrogen-bond acceptors (Lipinski definition) is 1. The van der Waals surface area contributed by atoms with Crippen molar-refractivity contribution in [2.75, 3.05) is 0 Å². The van der Waals surface area contributed by atoms with Crippen molar-refractivity contribution in [3.63, 3.8) is 0 Å². The van der Waals surface area contributed by atoms with E-state index in [1.165, 1.54) is 66.3 Å². The van der Waals surface area contributed by atoms with Gasteiger partial charge in [0.05, 0.1) is 16.4 Å². The van der Waals surface area contributed by atoms with Gasteiger partial charge in [-0.15, -0.1) is 0 Å². The van der Waals surface area contributed by atoms with Gasteiger partial charge in [0.1, 0.15) is 11.5 Å². The zero-order valence-corrected chi connectivity index (χ0v) is 24.7. The maximum Gasteiger partial charge on any atom is 0.131 e. The lowest BCUT2D eigenvalue weighted by Gasteiger charge is -2.41. The minimum Gasteiger partial charge on any atom is -0.461 e. The Morgan fingerprint density at radius 1 is 0.556 bits per heavy atom. The van der Waals surface area contributed by atoms with E-state index in [4.69, 9.17) is 4.74 Å². The second kappa shape index (κ2) is 9.20. The summed E-state index contributed by atoms with van der Waals surface area (Å²) in [6.45, 7) is 0. The van der Waals surface area contributed by atoms with Crippen molar-refractivity contribution in [3.05, 3.63) is 180 Å². The Morgan fingerprint density at radius 2 is 1.29 bits per heavy atom. The van der Waals surface area contributed by atoms with Gasteiger partial charge in [-0.1, -0.05) is 115 Å². The summed E-state index contributed by atoms with van der Waals surface area (Å²) >= 11 is 0. The van der Waals surface area contributed by atoms with Gasteiger partial charge in [0.2, 0.25) is 0 Å². The van der Waals surface area contributed by atoms with Crippen molar-refractivity contribution in [2.45, 2.75) is 18.3 Å². The van der Waals surface area contributed by atoms with Crippen LogP contribution in [0, 0.1) is 0 Å².